The predicted octanol–water partition coefficient (Wildman–Crippen LogP) is 5.29. The van der Waals surface area contributed by atoms with Gasteiger partial charge in [-0.2, -0.15) is 0 Å². The number of fused-ring (bicyclic) bond motifs is 1. The lowest BCUT2D eigenvalue weighted by Crippen LogP contribution is -2.38. The lowest BCUT2D eigenvalue weighted by Gasteiger charge is -2.38. The summed E-state index contributed by atoms with van der Waals surface area (Å²) in [6.07, 6.45) is 5.24. The molecule has 0 radical (unpaired) electrons. The molecule has 0 fully saturated rings. The maximum atomic E-state index is 6.22. The van der Waals surface area contributed by atoms with Crippen molar-refractivity contribution >= 4 is 12.2 Å². The van der Waals surface area contributed by atoms with Gasteiger partial charge in [0.25, 0.3) is 0 Å². The average molecular weight is 425 g/mol. The second-order valence-electron chi connectivity index (χ2n) is 8.69. The first-order valence-electron chi connectivity index (χ1n) is 11.2. The van der Waals surface area contributed by atoms with Crippen LogP contribution in [0.3, 0.4) is 0 Å². The molecule has 0 aliphatic carbocycles. The molecule has 2 heterocycles. The first-order valence-corrected chi connectivity index (χ1v) is 11.2. The Hall–Kier alpha value is -3.46. The van der Waals surface area contributed by atoms with Gasteiger partial charge in [-0.05, 0) is 64.0 Å². The lowest BCUT2D eigenvalue weighted by atomic mass is 9.92. The largest absolute Gasteiger partial charge is 0.442 e. The van der Waals surface area contributed by atoms with Crippen LogP contribution in [0.4, 0.5) is 0 Å². The number of aromatic nitrogens is 1. The Morgan fingerprint density at radius 1 is 1.03 bits per heavy atom. The second kappa shape index (κ2) is 8.96. The summed E-state index contributed by atoms with van der Waals surface area (Å²) < 4.78 is 6.22. The summed E-state index contributed by atoms with van der Waals surface area (Å²) in [5.74, 6) is 1.46. The zero-order valence-corrected chi connectivity index (χ0v) is 19.5. The van der Waals surface area contributed by atoms with Crippen LogP contribution in [0.5, 0.6) is 5.75 Å². The zero-order chi connectivity index (χ0) is 22.8. The molecule has 0 saturated heterocycles. The van der Waals surface area contributed by atoms with Crippen LogP contribution in [0.2, 0.25) is 0 Å². The van der Waals surface area contributed by atoms with Crippen molar-refractivity contribution in [3.8, 4) is 5.75 Å². The van der Waals surface area contributed by atoms with Gasteiger partial charge in [-0.15, -0.1) is 0 Å². The molecule has 3 heteroatoms. The molecule has 1 aromatic heterocycles. The molecule has 1 atom stereocenters. The number of benzene rings is 2. The Morgan fingerprint density at radius 2 is 1.66 bits per heavy atom. The summed E-state index contributed by atoms with van der Waals surface area (Å²) >= 11 is 0. The van der Waals surface area contributed by atoms with Crippen LogP contribution in [-0.2, 0) is 6.42 Å². The molecule has 0 amide bonds. The number of allylic oxidation sites excluding steroid dienone is 1. The molecule has 1 aliphatic heterocycles. The predicted molar refractivity (Wildman–Crippen MR) is 134 cm³/mol. The van der Waals surface area contributed by atoms with Crippen LogP contribution in [0, 0.1) is 13.8 Å². The van der Waals surface area contributed by atoms with Gasteiger partial charge in [-0.1, -0.05) is 71.8 Å². The molecule has 0 saturated carbocycles. The van der Waals surface area contributed by atoms with Gasteiger partial charge < -0.3 is 14.6 Å². The first kappa shape index (κ1) is 21.8. The number of hydrogen-bond donors (Lipinski definition) is 1. The van der Waals surface area contributed by atoms with Crippen LogP contribution in [0.15, 0.2) is 73.1 Å². The number of aryl methyl sites for hydroxylation is 2. The number of nitrogens with zero attached hydrogens (tertiary/aromatic N) is 1. The Kier molecular flexibility index (Phi) is 6.09. The topological polar surface area (TPSA) is 28.3 Å². The molecule has 3 aromatic rings. The van der Waals surface area contributed by atoms with E-state index >= 15 is 0 Å². The van der Waals surface area contributed by atoms with E-state index in [2.05, 4.69) is 92.4 Å². The van der Waals surface area contributed by atoms with Crippen molar-refractivity contribution in [2.75, 3.05) is 6.54 Å². The minimum Gasteiger partial charge on any atom is -0.442 e. The Bertz CT molecular complexity index is 1260. The van der Waals surface area contributed by atoms with E-state index in [-0.39, 0.29) is 6.04 Å². The molecule has 164 valence electrons. The number of hydrogen-bond acceptors (Lipinski definition) is 2. The van der Waals surface area contributed by atoms with Crippen molar-refractivity contribution in [1.82, 2.24) is 9.88 Å². The monoisotopic (exact) mass is 424 g/mol. The van der Waals surface area contributed by atoms with E-state index in [9.17, 15) is 0 Å². The van der Waals surface area contributed by atoms with E-state index < -0.39 is 0 Å². The molecule has 4 rings (SSSR count). The molecule has 32 heavy (non-hydrogen) atoms. The quantitative estimate of drug-likeness (QED) is 0.564. The summed E-state index contributed by atoms with van der Waals surface area (Å²) in [4.78, 5) is 5.98. The Balaban J connectivity index is 1.81. The molecular weight excluding hydrogens is 392 g/mol. The summed E-state index contributed by atoms with van der Waals surface area (Å²) in [6.45, 7) is 17.6. The second-order valence-corrected chi connectivity index (χ2v) is 8.69. The van der Waals surface area contributed by atoms with E-state index in [1.165, 1.54) is 33.2 Å². The molecule has 0 bridgehead atoms. The van der Waals surface area contributed by atoms with Crippen molar-refractivity contribution in [2.24, 2.45) is 0 Å². The Labute approximate surface area is 191 Å². The van der Waals surface area contributed by atoms with Gasteiger partial charge in [0.1, 0.15) is 5.75 Å². The zero-order valence-electron chi connectivity index (χ0n) is 19.5. The first-order chi connectivity index (χ1) is 15.4. The average Bonchev–Trinajstić information content (AvgIpc) is 3.12. The number of aromatic amines is 1. The van der Waals surface area contributed by atoms with Gasteiger partial charge in [0.2, 0.25) is 0 Å². The fourth-order valence-corrected chi connectivity index (χ4v) is 4.42. The highest BCUT2D eigenvalue weighted by Crippen LogP contribution is 2.35. The van der Waals surface area contributed by atoms with Crippen LogP contribution >= 0.6 is 0 Å². The van der Waals surface area contributed by atoms with Gasteiger partial charge in [-0.3, -0.25) is 0 Å². The highest BCUT2D eigenvalue weighted by molar-refractivity contribution is 5.50. The molecular formula is C29H32N2O. The van der Waals surface area contributed by atoms with Crippen molar-refractivity contribution in [1.29, 1.82) is 0 Å². The van der Waals surface area contributed by atoms with Gasteiger partial charge in [0, 0.05) is 22.8 Å². The summed E-state index contributed by atoms with van der Waals surface area (Å²) in [7, 11) is 0. The Morgan fingerprint density at radius 3 is 2.25 bits per heavy atom. The number of ether oxygens (including phenoxy) is 1. The molecule has 3 nitrogen and oxygen atoms in total. The fourth-order valence-electron chi connectivity index (χ4n) is 4.42. The maximum Gasteiger partial charge on any atom is 0.189 e. The standard InChI is InChI=1S/C29H32N2O/c1-7-27-26(18-19(2)3)25-16-17-31(22(6)32-24-14-10-21(5)11-15-24)29(28(25)30-27)23-12-8-20(4)9-13-23/h7-15,18,29-30H,2,6,16-17H2,1,3-5H3/b26-18-,27-7+. The lowest BCUT2D eigenvalue weighted by molar-refractivity contribution is 0.173. The minimum atomic E-state index is 0.00303. The third kappa shape index (κ3) is 4.29. The van der Waals surface area contributed by atoms with Crippen LogP contribution < -0.4 is 15.3 Å². The van der Waals surface area contributed by atoms with Gasteiger partial charge in [0.15, 0.2) is 5.88 Å². The van der Waals surface area contributed by atoms with Crippen LogP contribution in [0.25, 0.3) is 12.2 Å². The van der Waals surface area contributed by atoms with E-state index in [1.54, 1.807) is 0 Å². The van der Waals surface area contributed by atoms with E-state index in [0.717, 1.165) is 29.6 Å². The summed E-state index contributed by atoms with van der Waals surface area (Å²) in [5.41, 5.74) is 7.28. The number of nitrogens with one attached hydrogen (secondary N) is 1. The van der Waals surface area contributed by atoms with E-state index in [0.29, 0.717) is 5.88 Å². The highest BCUT2D eigenvalue weighted by atomic mass is 16.5. The van der Waals surface area contributed by atoms with Crippen LogP contribution in [0.1, 0.15) is 47.8 Å². The van der Waals surface area contributed by atoms with Gasteiger partial charge in [-0.25, -0.2) is 0 Å². The van der Waals surface area contributed by atoms with E-state index in [4.69, 9.17) is 4.74 Å². The van der Waals surface area contributed by atoms with Crippen molar-refractivity contribution in [2.45, 2.75) is 40.2 Å². The summed E-state index contributed by atoms with van der Waals surface area (Å²) in [5, 5.41) is 2.39. The third-order valence-corrected chi connectivity index (χ3v) is 6.05. The van der Waals surface area contributed by atoms with Gasteiger partial charge >= 0.3 is 0 Å². The number of rotatable bonds is 5. The third-order valence-electron chi connectivity index (χ3n) is 6.05. The normalized spacial score (nSPS) is 16.8. The van der Waals surface area contributed by atoms with Crippen LogP contribution in [-0.4, -0.2) is 16.4 Å². The van der Waals surface area contributed by atoms with Gasteiger partial charge in [0.05, 0.1) is 6.04 Å². The molecule has 2 aromatic carbocycles. The molecule has 1 aliphatic rings. The highest BCUT2D eigenvalue weighted by Gasteiger charge is 2.32. The fraction of sp³-hybridized carbons (Fsp3) is 0.241. The maximum absolute atomic E-state index is 6.22. The minimum absolute atomic E-state index is 0.00303. The summed E-state index contributed by atoms with van der Waals surface area (Å²) in [6, 6.07) is 16.9. The molecule has 1 unspecified atom stereocenters. The molecule has 0 spiro atoms. The SMILES string of the molecule is C=C(C)/C=c1/c2c([nH]/c1=C/C)C(c1ccc(C)cc1)N(C(=C)Oc1ccc(C)cc1)CC2. The van der Waals surface area contributed by atoms with E-state index in [1.807, 2.05) is 19.1 Å². The van der Waals surface area contributed by atoms with Crippen molar-refractivity contribution in [3.05, 3.63) is 112 Å². The smallest absolute Gasteiger partial charge is 0.189 e. The molecule has 1 N–H and O–H groups in total. The number of H-pyrrole nitrogens is 1. The van der Waals surface area contributed by atoms with Crippen molar-refractivity contribution < 1.29 is 4.74 Å². The van der Waals surface area contributed by atoms with Crippen molar-refractivity contribution in [3.63, 3.8) is 0 Å².